The maximum absolute atomic E-state index is 13.6. The van der Waals surface area contributed by atoms with Crippen LogP contribution in [0.2, 0.25) is 0 Å². The molecule has 3 heterocycles. The minimum absolute atomic E-state index is 0.0581. The van der Waals surface area contributed by atoms with Crippen molar-refractivity contribution >= 4 is 63.5 Å². The fourth-order valence-corrected chi connectivity index (χ4v) is 7.73. The second-order valence-electron chi connectivity index (χ2n) is 14.8. The molecule has 0 bridgehead atoms. The SMILES string of the molecule is COc1ccc(C2CC(=O)c3c(cc(O[C@@H]4O[C@H](CO[C@@H]5O[C@@H](C)[C@H](OC(C)=O)[C@@H](OC(C)=O)[C@H]5OC(C)=O)[C@@H](OC(C)=O)[C@H](OC(C)=O)[C@H]4OC(C)=O)c(Br)c3O)O2)cc1OC(C)=O. The smallest absolute Gasteiger partial charge is 0.308 e. The van der Waals surface area contributed by atoms with E-state index < -0.39 is 127 Å². The number of carbonyl (C=O) groups excluding carboxylic acids is 8. The highest BCUT2D eigenvalue weighted by molar-refractivity contribution is 9.10. The second kappa shape index (κ2) is 21.3. The van der Waals surface area contributed by atoms with Crippen LogP contribution < -0.4 is 18.9 Å². The van der Waals surface area contributed by atoms with Crippen molar-refractivity contribution in [2.45, 2.75) is 129 Å². The molecule has 0 spiro atoms. The second-order valence-corrected chi connectivity index (χ2v) is 15.6. The average Bonchev–Trinajstić information content (AvgIpc) is 3.19. The summed E-state index contributed by atoms with van der Waals surface area (Å²) in [5, 5.41) is 11.4. The molecule has 2 saturated heterocycles. The number of phenolic OH excluding ortho intramolecular Hbond substituents is 1. The molecule has 0 aromatic heterocycles. The van der Waals surface area contributed by atoms with Gasteiger partial charge in [-0.25, -0.2) is 0 Å². The van der Waals surface area contributed by atoms with Crippen LogP contribution in [0.4, 0.5) is 0 Å². The minimum Gasteiger partial charge on any atom is -0.506 e. The molecule has 5 rings (SSSR count). The highest BCUT2D eigenvalue weighted by Gasteiger charge is 2.55. The van der Waals surface area contributed by atoms with E-state index in [1.807, 2.05) is 0 Å². The van der Waals surface area contributed by atoms with E-state index in [4.69, 9.17) is 61.6 Å². The van der Waals surface area contributed by atoms with E-state index in [-0.39, 0.29) is 39.5 Å². The molecule has 1 N–H and O–H groups in total. The molecule has 0 radical (unpaired) electrons. The number of benzene rings is 2. The normalized spacial score (nSPS) is 27.0. The first-order valence-corrected chi connectivity index (χ1v) is 20.6. The van der Waals surface area contributed by atoms with Crippen molar-refractivity contribution in [2.75, 3.05) is 13.7 Å². The number of hydrogen-bond acceptors (Lipinski definition) is 22. The first kappa shape index (κ1) is 50.0. The van der Waals surface area contributed by atoms with Gasteiger partial charge in [0.25, 0.3) is 0 Å². The van der Waals surface area contributed by atoms with Crippen molar-refractivity contribution in [3.8, 4) is 28.7 Å². The van der Waals surface area contributed by atoms with E-state index in [0.29, 0.717) is 5.56 Å². The summed E-state index contributed by atoms with van der Waals surface area (Å²) in [4.78, 5) is 99.8. The quantitative estimate of drug-likeness (QED) is 0.162. The zero-order valence-electron chi connectivity index (χ0n) is 36.5. The molecular weight excluding hydrogens is 936 g/mol. The fourth-order valence-electron chi connectivity index (χ4n) is 7.33. The lowest BCUT2D eigenvalue weighted by Gasteiger charge is -2.46. The number of halogens is 1. The Kier molecular flexibility index (Phi) is 16.4. The first-order chi connectivity index (χ1) is 30.6. The standard InChI is InChI=1S/C42H47BrO22/c1-16-35(57-18(3)45)37(59-20(5)47)39(61-22(7)49)41(55-16)54-15-31-36(58-19(4)46)38(60-21(6)48)40(62-23(8)50)42(65-31)64-30-14-29-32(34(52)33(30)43)25(51)13-27(63-29)24-10-11-26(53-9)28(12-24)56-17(2)44/h10-12,14,16,27,31,35-42,52H,13,15H2,1-9H3/t16-,27?,31+,35-,36+,37+,38-,39+,40+,41+,42+/m0/s1. The lowest BCUT2D eigenvalue weighted by molar-refractivity contribution is -0.323. The van der Waals surface area contributed by atoms with Gasteiger partial charge in [-0.1, -0.05) is 6.07 Å². The van der Waals surface area contributed by atoms with E-state index in [0.717, 1.165) is 41.5 Å². The van der Waals surface area contributed by atoms with E-state index in [9.17, 15) is 43.5 Å². The number of ketones is 1. The molecule has 2 fully saturated rings. The van der Waals surface area contributed by atoms with E-state index in [1.165, 1.54) is 39.2 Å². The number of phenols is 1. The largest absolute Gasteiger partial charge is 0.506 e. The molecule has 11 atom stereocenters. The van der Waals surface area contributed by atoms with Gasteiger partial charge in [-0.2, -0.15) is 0 Å². The van der Waals surface area contributed by atoms with Crippen LogP contribution in [0.25, 0.3) is 0 Å². The van der Waals surface area contributed by atoms with Crippen LogP contribution in [0.5, 0.6) is 28.7 Å². The molecule has 0 aliphatic carbocycles. The third-order valence-corrected chi connectivity index (χ3v) is 10.5. The number of Topliss-reactive ketones (excluding diaryl/α,β-unsaturated/α-hetero) is 1. The summed E-state index contributed by atoms with van der Waals surface area (Å²) in [7, 11) is 1.38. The molecular formula is C42H47BrO22. The van der Waals surface area contributed by atoms with Gasteiger partial charge in [0.15, 0.2) is 54.1 Å². The predicted octanol–water partition coefficient (Wildman–Crippen LogP) is 3.25. The number of esters is 7. The summed E-state index contributed by atoms with van der Waals surface area (Å²) in [5.74, 6) is -7.16. The lowest BCUT2D eigenvalue weighted by atomic mass is 9.95. The molecule has 0 amide bonds. The summed E-state index contributed by atoms with van der Waals surface area (Å²) < 4.78 is 74.1. The highest BCUT2D eigenvalue weighted by atomic mass is 79.9. The van der Waals surface area contributed by atoms with Crippen LogP contribution in [0.15, 0.2) is 28.7 Å². The van der Waals surface area contributed by atoms with Crippen molar-refractivity contribution in [1.82, 2.24) is 0 Å². The zero-order valence-corrected chi connectivity index (χ0v) is 38.1. The van der Waals surface area contributed by atoms with Crippen LogP contribution in [-0.4, -0.2) is 128 Å². The maximum atomic E-state index is 13.6. The first-order valence-electron chi connectivity index (χ1n) is 19.8. The number of methoxy groups -OCH3 is 1. The molecule has 22 nitrogen and oxygen atoms in total. The number of ether oxygens (including phenoxy) is 13. The van der Waals surface area contributed by atoms with Crippen molar-refractivity contribution in [3.63, 3.8) is 0 Å². The van der Waals surface area contributed by atoms with E-state index >= 15 is 0 Å². The van der Waals surface area contributed by atoms with Crippen molar-refractivity contribution in [1.29, 1.82) is 0 Å². The molecule has 354 valence electrons. The third kappa shape index (κ3) is 12.2. The minimum atomic E-state index is -1.81. The molecule has 65 heavy (non-hydrogen) atoms. The Morgan fingerprint density at radius 2 is 1.18 bits per heavy atom. The molecule has 3 aliphatic heterocycles. The molecule has 23 heteroatoms. The van der Waals surface area contributed by atoms with Crippen LogP contribution >= 0.6 is 15.9 Å². The number of hydrogen-bond donors (Lipinski definition) is 1. The molecule has 2 aromatic carbocycles. The van der Waals surface area contributed by atoms with Crippen LogP contribution in [0.1, 0.15) is 83.8 Å². The van der Waals surface area contributed by atoms with Crippen LogP contribution in [0, 0.1) is 0 Å². The highest BCUT2D eigenvalue weighted by Crippen LogP contribution is 2.48. The summed E-state index contributed by atoms with van der Waals surface area (Å²) in [5.41, 5.74) is 0.176. The summed E-state index contributed by atoms with van der Waals surface area (Å²) in [6.07, 6.45) is -16.5. The summed E-state index contributed by atoms with van der Waals surface area (Å²) >= 11 is 3.25. The van der Waals surface area contributed by atoms with Gasteiger partial charge in [0.1, 0.15) is 39.5 Å². The number of fused-ring (bicyclic) bond motifs is 1. The summed E-state index contributed by atoms with van der Waals surface area (Å²) in [6.45, 7) is 8.34. The average molecular weight is 984 g/mol. The van der Waals surface area contributed by atoms with Gasteiger partial charge >= 0.3 is 41.8 Å². The van der Waals surface area contributed by atoms with Gasteiger partial charge in [0, 0.05) is 54.5 Å². The van der Waals surface area contributed by atoms with Gasteiger partial charge < -0.3 is 66.7 Å². The molecule has 3 aliphatic rings. The molecule has 1 unspecified atom stereocenters. The van der Waals surface area contributed by atoms with Crippen molar-refractivity contribution < 1.29 is 105 Å². The Hall–Kier alpha value is -6.04. The monoisotopic (exact) mass is 982 g/mol. The topological polar surface area (TPSA) is 277 Å². The van der Waals surface area contributed by atoms with Gasteiger partial charge in [0.2, 0.25) is 12.4 Å². The zero-order chi connectivity index (χ0) is 48.0. The van der Waals surface area contributed by atoms with Crippen LogP contribution in [0.3, 0.4) is 0 Å². The number of carbonyl (C=O) groups is 8. The predicted molar refractivity (Wildman–Crippen MR) is 215 cm³/mol. The van der Waals surface area contributed by atoms with E-state index in [1.54, 1.807) is 6.07 Å². The van der Waals surface area contributed by atoms with Crippen LogP contribution in [-0.2, 0) is 76.2 Å². The summed E-state index contributed by atoms with van der Waals surface area (Å²) in [6, 6.07) is 5.79. The third-order valence-electron chi connectivity index (χ3n) is 9.70. The van der Waals surface area contributed by atoms with Gasteiger partial charge in [-0.05, 0) is 40.5 Å². The molecule has 2 aromatic rings. The molecule has 0 saturated carbocycles. The van der Waals surface area contributed by atoms with Gasteiger partial charge in [-0.3, -0.25) is 38.4 Å². The van der Waals surface area contributed by atoms with Gasteiger partial charge in [-0.15, -0.1) is 0 Å². The number of rotatable bonds is 14. The Bertz CT molecular complexity index is 2190. The Balaban J connectivity index is 1.53. The van der Waals surface area contributed by atoms with Crippen molar-refractivity contribution in [3.05, 3.63) is 39.9 Å². The van der Waals surface area contributed by atoms with Gasteiger partial charge in [0.05, 0.1) is 26.2 Å². The van der Waals surface area contributed by atoms with Crippen molar-refractivity contribution in [2.24, 2.45) is 0 Å². The van der Waals surface area contributed by atoms with E-state index in [2.05, 4.69) is 15.9 Å². The lowest BCUT2D eigenvalue weighted by Crippen LogP contribution is -2.64. The Labute approximate surface area is 379 Å². The Morgan fingerprint density at radius 1 is 0.662 bits per heavy atom. The Morgan fingerprint density at radius 3 is 1.74 bits per heavy atom. The maximum Gasteiger partial charge on any atom is 0.308 e. The fraction of sp³-hybridized carbons (Fsp3) is 0.524. The number of aromatic hydroxyl groups is 1.